The fourth-order valence-electron chi connectivity index (χ4n) is 3.45. The van der Waals surface area contributed by atoms with Gasteiger partial charge in [0.25, 0.3) is 0 Å². The second-order valence-corrected chi connectivity index (χ2v) is 7.59. The van der Waals surface area contributed by atoms with Gasteiger partial charge in [0.15, 0.2) is 11.6 Å². The van der Waals surface area contributed by atoms with Crippen LogP contribution in [0.4, 0.5) is 8.78 Å². The van der Waals surface area contributed by atoms with E-state index < -0.39 is 17.2 Å². The molecule has 1 saturated heterocycles. The Bertz CT molecular complexity index is 743. The number of esters is 1. The molecule has 8 heteroatoms. The van der Waals surface area contributed by atoms with Crippen LogP contribution in [0.15, 0.2) is 12.1 Å². The summed E-state index contributed by atoms with van der Waals surface area (Å²) in [5.74, 6) is -2.29. The highest BCUT2D eigenvalue weighted by Gasteiger charge is 2.48. The quantitative estimate of drug-likeness (QED) is 0.757. The van der Waals surface area contributed by atoms with Gasteiger partial charge in [-0.25, -0.2) is 8.78 Å². The third-order valence-corrected chi connectivity index (χ3v) is 5.21. The molecule has 1 aromatic carbocycles. The van der Waals surface area contributed by atoms with E-state index in [1.807, 2.05) is 0 Å². The highest BCUT2D eigenvalue weighted by Crippen LogP contribution is 2.38. The molecule has 1 aromatic rings. The topological polar surface area (TPSA) is 81.9 Å². The summed E-state index contributed by atoms with van der Waals surface area (Å²) in [5, 5.41) is 0. The Hall–Kier alpha value is -2.06. The molecule has 148 valence electrons. The summed E-state index contributed by atoms with van der Waals surface area (Å²) in [6, 6.07) is 3.02. The second kappa shape index (κ2) is 7.52. The standard InChI is InChI=1S/C19H24F2N2O4/c1-11-3-4-13(17(21)16(11)20)9-26-15-7-23(8-15)18(25)14-5-19(22,6-14)10-27-12(2)24/h3-4,14-15H,5-10,22H2,1-2H3/t14-,19+. The molecule has 2 N–H and O–H groups in total. The molecule has 0 unspecified atom stereocenters. The molecule has 2 fully saturated rings. The average Bonchev–Trinajstić information content (AvgIpc) is 2.55. The maximum Gasteiger partial charge on any atom is 0.302 e. The van der Waals surface area contributed by atoms with Crippen molar-refractivity contribution in [3.63, 3.8) is 0 Å². The summed E-state index contributed by atoms with van der Waals surface area (Å²) in [6.07, 6.45) is 0.769. The first kappa shape index (κ1) is 19.7. The molecule has 1 saturated carbocycles. The van der Waals surface area contributed by atoms with Gasteiger partial charge in [-0.05, 0) is 25.3 Å². The average molecular weight is 382 g/mol. The maximum absolute atomic E-state index is 13.8. The molecule has 1 amide bonds. The lowest BCUT2D eigenvalue weighted by molar-refractivity contribution is -0.157. The third-order valence-electron chi connectivity index (χ3n) is 5.21. The van der Waals surface area contributed by atoms with Gasteiger partial charge in [-0.1, -0.05) is 12.1 Å². The lowest BCUT2D eigenvalue weighted by Crippen LogP contribution is -2.63. The molecule has 27 heavy (non-hydrogen) atoms. The smallest absolute Gasteiger partial charge is 0.302 e. The van der Waals surface area contributed by atoms with E-state index in [1.54, 1.807) is 4.90 Å². The molecule has 1 aliphatic heterocycles. The molecule has 1 heterocycles. The lowest BCUT2D eigenvalue weighted by atomic mass is 9.68. The van der Waals surface area contributed by atoms with E-state index in [9.17, 15) is 18.4 Å². The normalized spacial score (nSPS) is 24.9. The van der Waals surface area contributed by atoms with Gasteiger partial charge in [0.2, 0.25) is 5.91 Å². The van der Waals surface area contributed by atoms with Gasteiger partial charge in [0.1, 0.15) is 6.61 Å². The number of carbonyl (C=O) groups is 2. The zero-order valence-electron chi connectivity index (χ0n) is 15.5. The molecule has 6 nitrogen and oxygen atoms in total. The fourth-order valence-corrected chi connectivity index (χ4v) is 3.45. The predicted octanol–water partition coefficient (Wildman–Crippen LogP) is 1.67. The van der Waals surface area contributed by atoms with Gasteiger partial charge >= 0.3 is 5.97 Å². The zero-order valence-corrected chi connectivity index (χ0v) is 15.5. The van der Waals surface area contributed by atoms with Crippen LogP contribution in [0.1, 0.15) is 30.9 Å². The van der Waals surface area contributed by atoms with Crippen LogP contribution in [0, 0.1) is 24.5 Å². The Morgan fingerprint density at radius 1 is 1.26 bits per heavy atom. The van der Waals surface area contributed by atoms with Crippen LogP contribution >= 0.6 is 0 Å². The number of halogens is 2. The monoisotopic (exact) mass is 382 g/mol. The number of hydrogen-bond donors (Lipinski definition) is 1. The number of ether oxygens (including phenoxy) is 2. The minimum absolute atomic E-state index is 0.00584. The van der Waals surface area contributed by atoms with Gasteiger partial charge in [-0.15, -0.1) is 0 Å². The lowest BCUT2D eigenvalue weighted by Gasteiger charge is -2.48. The zero-order chi connectivity index (χ0) is 19.8. The van der Waals surface area contributed by atoms with Crippen LogP contribution in [-0.4, -0.2) is 48.1 Å². The van der Waals surface area contributed by atoms with Crippen LogP contribution in [-0.2, 0) is 25.7 Å². The van der Waals surface area contributed by atoms with Crippen molar-refractivity contribution in [3.05, 3.63) is 34.9 Å². The minimum Gasteiger partial charge on any atom is -0.464 e. The molecule has 0 bridgehead atoms. The van der Waals surface area contributed by atoms with Crippen molar-refractivity contribution in [3.8, 4) is 0 Å². The number of carbonyl (C=O) groups excluding carboxylic acids is 2. The SMILES string of the molecule is CC(=O)OC[C@]1(N)C[C@@H](C(=O)N2CC(OCc3ccc(C)c(F)c3F)C2)C1. The first-order valence-corrected chi connectivity index (χ1v) is 8.94. The third kappa shape index (κ3) is 4.27. The van der Waals surface area contributed by atoms with Crippen molar-refractivity contribution in [2.24, 2.45) is 11.7 Å². The van der Waals surface area contributed by atoms with Crippen LogP contribution < -0.4 is 5.73 Å². The van der Waals surface area contributed by atoms with E-state index in [4.69, 9.17) is 15.2 Å². The molecular formula is C19H24F2N2O4. The van der Waals surface area contributed by atoms with Gasteiger partial charge in [-0.3, -0.25) is 9.59 Å². The number of benzene rings is 1. The van der Waals surface area contributed by atoms with E-state index in [0.717, 1.165) is 0 Å². The van der Waals surface area contributed by atoms with Crippen molar-refractivity contribution < 1.29 is 27.8 Å². The minimum atomic E-state index is -0.885. The summed E-state index contributed by atoms with van der Waals surface area (Å²) >= 11 is 0. The van der Waals surface area contributed by atoms with Crippen molar-refractivity contribution in [1.82, 2.24) is 4.90 Å². The van der Waals surface area contributed by atoms with Crippen molar-refractivity contribution in [2.75, 3.05) is 19.7 Å². The van der Waals surface area contributed by atoms with E-state index in [1.165, 1.54) is 26.0 Å². The molecule has 2 aliphatic rings. The van der Waals surface area contributed by atoms with Crippen LogP contribution in [0.5, 0.6) is 0 Å². The van der Waals surface area contributed by atoms with E-state index >= 15 is 0 Å². The molecule has 1 aliphatic carbocycles. The summed E-state index contributed by atoms with van der Waals surface area (Å²) in [4.78, 5) is 24.9. The Labute approximate surface area is 156 Å². The summed E-state index contributed by atoms with van der Waals surface area (Å²) in [6.45, 7) is 3.76. The van der Waals surface area contributed by atoms with Crippen LogP contribution in [0.2, 0.25) is 0 Å². The fraction of sp³-hybridized carbons (Fsp3) is 0.579. The molecule has 0 aromatic heterocycles. The van der Waals surface area contributed by atoms with Gasteiger partial charge in [-0.2, -0.15) is 0 Å². The predicted molar refractivity (Wildman–Crippen MR) is 92.5 cm³/mol. The molecule has 0 radical (unpaired) electrons. The van der Waals surface area contributed by atoms with E-state index in [-0.39, 0.29) is 48.2 Å². The number of rotatable bonds is 6. The Kier molecular flexibility index (Phi) is 5.48. The van der Waals surface area contributed by atoms with Gasteiger partial charge < -0.3 is 20.1 Å². The number of likely N-dealkylation sites (tertiary alicyclic amines) is 1. The first-order chi connectivity index (χ1) is 12.7. The maximum atomic E-state index is 13.8. The number of nitrogens with zero attached hydrogens (tertiary/aromatic N) is 1. The molecular weight excluding hydrogens is 358 g/mol. The van der Waals surface area contributed by atoms with Crippen molar-refractivity contribution in [1.29, 1.82) is 0 Å². The van der Waals surface area contributed by atoms with Gasteiger partial charge in [0.05, 0.1) is 18.2 Å². The summed E-state index contributed by atoms with van der Waals surface area (Å²) < 4.78 is 37.9. The second-order valence-electron chi connectivity index (χ2n) is 7.59. The summed E-state index contributed by atoms with van der Waals surface area (Å²) in [7, 11) is 0. The number of aryl methyl sites for hydroxylation is 1. The molecule has 3 rings (SSSR count). The Balaban J connectivity index is 1.40. The van der Waals surface area contributed by atoms with E-state index in [0.29, 0.717) is 25.9 Å². The van der Waals surface area contributed by atoms with Crippen molar-refractivity contribution in [2.45, 2.75) is 44.9 Å². The van der Waals surface area contributed by atoms with E-state index in [2.05, 4.69) is 0 Å². The number of amides is 1. The summed E-state index contributed by atoms with van der Waals surface area (Å²) in [5.41, 5.74) is 5.87. The van der Waals surface area contributed by atoms with Crippen LogP contribution in [0.3, 0.4) is 0 Å². The van der Waals surface area contributed by atoms with Crippen LogP contribution in [0.25, 0.3) is 0 Å². The van der Waals surface area contributed by atoms with Gasteiger partial charge in [0, 0.05) is 31.5 Å². The highest BCUT2D eigenvalue weighted by atomic mass is 19.2. The Morgan fingerprint density at radius 3 is 2.56 bits per heavy atom. The largest absolute Gasteiger partial charge is 0.464 e. The van der Waals surface area contributed by atoms with Crippen molar-refractivity contribution >= 4 is 11.9 Å². The molecule has 0 spiro atoms. The molecule has 0 atom stereocenters. The first-order valence-electron chi connectivity index (χ1n) is 8.94. The Morgan fingerprint density at radius 2 is 1.93 bits per heavy atom. The highest BCUT2D eigenvalue weighted by molar-refractivity contribution is 5.81. The number of nitrogens with two attached hydrogens (primary N) is 1. The number of hydrogen-bond acceptors (Lipinski definition) is 5.